The monoisotopic (exact) mass is 319 g/mol. The molecule has 0 aromatic heterocycles. The number of benzene rings is 2. The highest BCUT2D eigenvalue weighted by Crippen LogP contribution is 2.29. The zero-order valence-corrected chi connectivity index (χ0v) is 12.4. The van der Waals surface area contributed by atoms with Crippen molar-refractivity contribution in [1.82, 2.24) is 0 Å². The Morgan fingerprint density at radius 1 is 1.10 bits per heavy atom. The summed E-state index contributed by atoms with van der Waals surface area (Å²) in [6.07, 6.45) is 0. The predicted molar refractivity (Wildman–Crippen MR) is 84.7 cm³/mol. The number of anilines is 2. The molecule has 0 spiro atoms. The molecule has 2 rings (SSSR count). The molecule has 2 aromatic rings. The molecule has 4 nitrogen and oxygen atoms in total. The lowest BCUT2D eigenvalue weighted by atomic mass is 10.2. The smallest absolute Gasteiger partial charge is 0.243 e. The van der Waals surface area contributed by atoms with E-state index in [0.29, 0.717) is 27.0 Å². The lowest BCUT2D eigenvalue weighted by Crippen LogP contribution is -2.22. The first-order valence-electron chi connectivity index (χ1n) is 6.08. The fraction of sp³-hybridized carbons (Fsp3) is 0.0667. The number of carbonyl (C=O) groups excluding carboxylic acids is 1. The maximum atomic E-state index is 11.8. The van der Waals surface area contributed by atoms with Crippen LogP contribution in [-0.2, 0) is 4.79 Å². The van der Waals surface area contributed by atoms with Crippen LogP contribution in [0, 0.1) is 11.3 Å². The first-order valence-corrected chi connectivity index (χ1v) is 6.83. The van der Waals surface area contributed by atoms with Gasteiger partial charge in [0.15, 0.2) is 0 Å². The summed E-state index contributed by atoms with van der Waals surface area (Å²) in [6.45, 7) is 0.0312. The van der Waals surface area contributed by atoms with E-state index < -0.39 is 0 Å². The molecular formula is C15H11Cl2N3O. The molecule has 0 aliphatic carbocycles. The Labute approximate surface area is 132 Å². The Balaban J connectivity index is 1.94. The van der Waals surface area contributed by atoms with Crippen molar-refractivity contribution in [2.24, 2.45) is 0 Å². The van der Waals surface area contributed by atoms with Gasteiger partial charge in [0.2, 0.25) is 5.91 Å². The maximum Gasteiger partial charge on any atom is 0.243 e. The van der Waals surface area contributed by atoms with Crippen LogP contribution in [0.1, 0.15) is 5.56 Å². The van der Waals surface area contributed by atoms with Crippen LogP contribution < -0.4 is 10.6 Å². The molecular weight excluding hydrogens is 309 g/mol. The third-order valence-corrected chi connectivity index (χ3v) is 3.32. The van der Waals surface area contributed by atoms with E-state index in [4.69, 9.17) is 28.5 Å². The molecule has 0 saturated carbocycles. The lowest BCUT2D eigenvalue weighted by Gasteiger charge is -2.10. The summed E-state index contributed by atoms with van der Waals surface area (Å²) in [4.78, 5) is 11.8. The summed E-state index contributed by atoms with van der Waals surface area (Å²) < 4.78 is 0. The molecule has 0 bridgehead atoms. The van der Waals surface area contributed by atoms with E-state index in [1.54, 1.807) is 42.5 Å². The van der Waals surface area contributed by atoms with Crippen LogP contribution in [0.15, 0.2) is 42.5 Å². The second-order valence-corrected chi connectivity index (χ2v) is 5.00. The second kappa shape index (κ2) is 6.98. The van der Waals surface area contributed by atoms with Gasteiger partial charge in [0, 0.05) is 5.69 Å². The maximum absolute atomic E-state index is 11.8. The normalized spacial score (nSPS) is 9.76. The molecule has 2 N–H and O–H groups in total. The van der Waals surface area contributed by atoms with Gasteiger partial charge in [0.25, 0.3) is 0 Å². The third-order valence-electron chi connectivity index (χ3n) is 2.69. The van der Waals surface area contributed by atoms with Crippen LogP contribution in [-0.4, -0.2) is 12.5 Å². The topological polar surface area (TPSA) is 64.9 Å². The first-order chi connectivity index (χ1) is 10.1. The van der Waals surface area contributed by atoms with Crippen molar-refractivity contribution >= 4 is 40.5 Å². The van der Waals surface area contributed by atoms with E-state index in [9.17, 15) is 4.79 Å². The fourth-order valence-corrected chi connectivity index (χ4v) is 2.20. The van der Waals surface area contributed by atoms with Crippen molar-refractivity contribution < 1.29 is 4.79 Å². The Morgan fingerprint density at radius 3 is 2.29 bits per heavy atom. The van der Waals surface area contributed by atoms with Crippen LogP contribution in [0.5, 0.6) is 0 Å². The van der Waals surface area contributed by atoms with Gasteiger partial charge in [-0.2, -0.15) is 5.26 Å². The van der Waals surface area contributed by atoms with Crippen molar-refractivity contribution in [3.63, 3.8) is 0 Å². The molecule has 0 aliphatic heterocycles. The van der Waals surface area contributed by atoms with Gasteiger partial charge >= 0.3 is 0 Å². The Kier molecular flexibility index (Phi) is 5.04. The van der Waals surface area contributed by atoms with E-state index in [1.165, 1.54) is 0 Å². The molecule has 0 unspecified atom stereocenters. The number of carbonyl (C=O) groups is 1. The van der Waals surface area contributed by atoms with Gasteiger partial charge in [-0.15, -0.1) is 0 Å². The number of hydrogen-bond acceptors (Lipinski definition) is 3. The number of nitrogens with one attached hydrogen (secondary N) is 2. The highest BCUT2D eigenvalue weighted by molar-refractivity contribution is 6.39. The van der Waals surface area contributed by atoms with E-state index >= 15 is 0 Å². The predicted octanol–water partition coefficient (Wildman–Crippen LogP) is 3.92. The molecule has 6 heteroatoms. The van der Waals surface area contributed by atoms with E-state index in [1.807, 2.05) is 6.07 Å². The summed E-state index contributed by atoms with van der Waals surface area (Å²) in [7, 11) is 0. The molecule has 0 saturated heterocycles. The third kappa shape index (κ3) is 4.12. The number of amides is 1. The van der Waals surface area contributed by atoms with Crippen molar-refractivity contribution in [2.75, 3.05) is 17.2 Å². The summed E-state index contributed by atoms with van der Waals surface area (Å²) in [5.41, 5.74) is 1.68. The summed E-state index contributed by atoms with van der Waals surface area (Å²) in [6, 6.07) is 13.7. The van der Waals surface area contributed by atoms with Crippen molar-refractivity contribution in [1.29, 1.82) is 5.26 Å². The lowest BCUT2D eigenvalue weighted by molar-refractivity contribution is -0.114. The highest BCUT2D eigenvalue weighted by Gasteiger charge is 2.07. The van der Waals surface area contributed by atoms with Crippen LogP contribution in [0.25, 0.3) is 0 Å². The fourth-order valence-electron chi connectivity index (χ4n) is 1.67. The first kappa shape index (κ1) is 15.2. The van der Waals surface area contributed by atoms with Gasteiger partial charge in [0.05, 0.1) is 33.9 Å². The summed E-state index contributed by atoms with van der Waals surface area (Å²) in [5, 5.41) is 15.2. The van der Waals surface area contributed by atoms with Gasteiger partial charge in [-0.3, -0.25) is 4.79 Å². The molecule has 2 aromatic carbocycles. The highest BCUT2D eigenvalue weighted by atomic mass is 35.5. The van der Waals surface area contributed by atoms with Gasteiger partial charge in [-0.1, -0.05) is 29.3 Å². The minimum atomic E-state index is -0.240. The minimum Gasteiger partial charge on any atom is -0.374 e. The molecule has 21 heavy (non-hydrogen) atoms. The van der Waals surface area contributed by atoms with Crippen LogP contribution >= 0.6 is 23.2 Å². The van der Waals surface area contributed by atoms with Gasteiger partial charge in [-0.25, -0.2) is 0 Å². The average Bonchev–Trinajstić information content (AvgIpc) is 2.47. The quantitative estimate of drug-likeness (QED) is 0.897. The summed E-state index contributed by atoms with van der Waals surface area (Å²) >= 11 is 12.0. The average molecular weight is 320 g/mol. The van der Waals surface area contributed by atoms with Crippen LogP contribution in [0.3, 0.4) is 0 Å². The van der Waals surface area contributed by atoms with E-state index in [-0.39, 0.29) is 12.5 Å². The van der Waals surface area contributed by atoms with E-state index in [0.717, 1.165) is 0 Å². The molecule has 0 radical (unpaired) electrons. The number of halogens is 2. The van der Waals surface area contributed by atoms with Gasteiger partial charge in [-0.05, 0) is 36.4 Å². The molecule has 106 valence electrons. The Bertz CT molecular complexity index is 673. The molecule has 0 heterocycles. The van der Waals surface area contributed by atoms with Gasteiger partial charge in [0.1, 0.15) is 0 Å². The SMILES string of the molecule is N#Cc1ccc(NC(=O)CNc2c(Cl)cccc2Cl)cc1. The molecule has 0 fully saturated rings. The zero-order valence-electron chi connectivity index (χ0n) is 10.9. The summed E-state index contributed by atoms with van der Waals surface area (Å²) in [5.74, 6) is -0.240. The molecule has 0 atom stereocenters. The number of para-hydroxylation sites is 1. The van der Waals surface area contributed by atoms with Crippen LogP contribution in [0.2, 0.25) is 10.0 Å². The Hall–Kier alpha value is -2.22. The number of hydrogen-bond donors (Lipinski definition) is 2. The largest absolute Gasteiger partial charge is 0.374 e. The molecule has 0 aliphatic rings. The Morgan fingerprint density at radius 2 is 1.71 bits per heavy atom. The standard InChI is InChI=1S/C15H11Cl2N3O/c16-12-2-1-3-13(17)15(12)19-9-14(21)20-11-6-4-10(8-18)5-7-11/h1-7,19H,9H2,(H,20,21). The number of nitrogens with zero attached hydrogens (tertiary/aromatic N) is 1. The second-order valence-electron chi connectivity index (χ2n) is 4.19. The number of rotatable bonds is 4. The number of nitriles is 1. The van der Waals surface area contributed by atoms with Crippen molar-refractivity contribution in [3.8, 4) is 6.07 Å². The molecule has 1 amide bonds. The minimum absolute atomic E-state index is 0.0312. The van der Waals surface area contributed by atoms with Gasteiger partial charge < -0.3 is 10.6 Å². The van der Waals surface area contributed by atoms with Crippen LogP contribution in [0.4, 0.5) is 11.4 Å². The van der Waals surface area contributed by atoms with E-state index in [2.05, 4.69) is 10.6 Å². The van der Waals surface area contributed by atoms with Crippen molar-refractivity contribution in [3.05, 3.63) is 58.1 Å². The van der Waals surface area contributed by atoms with Crippen molar-refractivity contribution in [2.45, 2.75) is 0 Å². The zero-order chi connectivity index (χ0) is 15.2.